The zero-order valence-electron chi connectivity index (χ0n) is 18.4. The molecule has 0 spiro atoms. The lowest BCUT2D eigenvalue weighted by atomic mass is 10.0. The van der Waals surface area contributed by atoms with Crippen LogP contribution in [0.25, 0.3) is 0 Å². The molecule has 0 aliphatic carbocycles. The van der Waals surface area contributed by atoms with Crippen molar-refractivity contribution in [2.75, 3.05) is 6.61 Å². The molecule has 0 aromatic rings. The second-order valence-electron chi connectivity index (χ2n) is 8.02. The number of esters is 1. The van der Waals surface area contributed by atoms with Crippen molar-refractivity contribution in [3.05, 3.63) is 0 Å². The van der Waals surface area contributed by atoms with Crippen LogP contribution in [0.5, 0.6) is 0 Å². The van der Waals surface area contributed by atoms with E-state index in [1.807, 2.05) is 6.92 Å². The van der Waals surface area contributed by atoms with Crippen molar-refractivity contribution in [1.29, 1.82) is 0 Å². The van der Waals surface area contributed by atoms with Crippen LogP contribution in [0.15, 0.2) is 0 Å². The van der Waals surface area contributed by atoms with Gasteiger partial charge in [-0.25, -0.2) is 0 Å². The van der Waals surface area contributed by atoms with E-state index >= 15 is 0 Å². The Morgan fingerprint density at radius 1 is 0.630 bits per heavy atom. The van der Waals surface area contributed by atoms with Crippen LogP contribution in [0, 0.1) is 0 Å². The van der Waals surface area contributed by atoms with Gasteiger partial charge in [-0.3, -0.25) is 4.79 Å². The van der Waals surface area contributed by atoms with Gasteiger partial charge in [0, 0.05) is 0 Å². The highest BCUT2D eigenvalue weighted by atomic mass is 79.9. The first-order chi connectivity index (χ1) is 13.2. The average molecular weight is 448 g/mol. The zero-order chi connectivity index (χ0) is 20.0. The van der Waals surface area contributed by atoms with Crippen molar-refractivity contribution < 1.29 is 9.53 Å². The van der Waals surface area contributed by atoms with Gasteiger partial charge in [0.05, 0.1) is 6.61 Å². The van der Waals surface area contributed by atoms with Crippen LogP contribution < -0.4 is 0 Å². The molecule has 0 heterocycles. The minimum absolute atomic E-state index is 0.107. The van der Waals surface area contributed by atoms with E-state index in [0.717, 1.165) is 12.8 Å². The van der Waals surface area contributed by atoms with Crippen molar-refractivity contribution >= 4 is 21.9 Å². The highest BCUT2D eigenvalue weighted by molar-refractivity contribution is 9.10. The van der Waals surface area contributed by atoms with E-state index < -0.39 is 0 Å². The maximum absolute atomic E-state index is 11.5. The molecule has 0 N–H and O–H groups in total. The van der Waals surface area contributed by atoms with Crippen molar-refractivity contribution in [1.82, 2.24) is 0 Å². The number of halogens is 1. The van der Waals surface area contributed by atoms with Gasteiger partial charge in [0.1, 0.15) is 4.83 Å². The average Bonchev–Trinajstić information content (AvgIpc) is 2.67. The molecule has 0 radical (unpaired) electrons. The summed E-state index contributed by atoms with van der Waals surface area (Å²) in [5, 5.41) is 0. The first-order valence-electron chi connectivity index (χ1n) is 12.0. The molecule has 0 aromatic carbocycles. The summed E-state index contributed by atoms with van der Waals surface area (Å²) < 4.78 is 5.01. The third kappa shape index (κ3) is 20.5. The molecule has 3 heteroatoms. The van der Waals surface area contributed by atoms with E-state index in [0.29, 0.717) is 6.61 Å². The number of carbonyl (C=O) groups is 1. The summed E-state index contributed by atoms with van der Waals surface area (Å²) >= 11 is 3.42. The van der Waals surface area contributed by atoms with Crippen LogP contribution in [0.1, 0.15) is 136 Å². The fraction of sp³-hybridized carbons (Fsp3) is 0.958. The number of unbranched alkanes of at least 4 members (excludes halogenated alkanes) is 17. The Kier molecular flexibility index (Phi) is 22.2. The molecule has 0 saturated carbocycles. The molecule has 1 atom stereocenters. The zero-order valence-corrected chi connectivity index (χ0v) is 20.0. The van der Waals surface area contributed by atoms with E-state index in [1.165, 1.54) is 109 Å². The Hall–Kier alpha value is -0.0500. The molecule has 0 rings (SSSR count). The highest BCUT2D eigenvalue weighted by Crippen LogP contribution is 2.16. The van der Waals surface area contributed by atoms with Crippen LogP contribution in [0.4, 0.5) is 0 Å². The SMILES string of the molecule is CCCCCCCCCCCCCCCCCCCCC(Br)C(=O)OCC. The van der Waals surface area contributed by atoms with Crippen LogP contribution in [-0.4, -0.2) is 17.4 Å². The van der Waals surface area contributed by atoms with E-state index in [-0.39, 0.29) is 10.8 Å². The maximum atomic E-state index is 11.5. The van der Waals surface area contributed by atoms with Crippen LogP contribution in [-0.2, 0) is 9.53 Å². The first kappa shape index (κ1) is 27.0. The van der Waals surface area contributed by atoms with Gasteiger partial charge in [-0.15, -0.1) is 0 Å². The predicted molar refractivity (Wildman–Crippen MR) is 123 cm³/mol. The molecular weight excluding hydrogens is 400 g/mol. The normalized spacial score (nSPS) is 12.3. The van der Waals surface area contributed by atoms with Gasteiger partial charge < -0.3 is 4.74 Å². The second kappa shape index (κ2) is 22.2. The number of alkyl halides is 1. The van der Waals surface area contributed by atoms with Gasteiger partial charge in [-0.2, -0.15) is 0 Å². The van der Waals surface area contributed by atoms with E-state index in [1.54, 1.807) is 0 Å². The van der Waals surface area contributed by atoms with E-state index in [9.17, 15) is 4.79 Å². The summed E-state index contributed by atoms with van der Waals surface area (Å²) in [6, 6.07) is 0. The Morgan fingerprint density at radius 2 is 0.963 bits per heavy atom. The molecular formula is C24H47BrO2. The summed E-state index contributed by atoms with van der Waals surface area (Å²) in [7, 11) is 0. The summed E-state index contributed by atoms with van der Waals surface area (Å²) in [5.41, 5.74) is 0. The smallest absolute Gasteiger partial charge is 0.319 e. The molecule has 0 saturated heterocycles. The molecule has 1 unspecified atom stereocenters. The van der Waals surface area contributed by atoms with Gasteiger partial charge in [-0.1, -0.05) is 138 Å². The number of rotatable bonds is 21. The number of carbonyl (C=O) groups excluding carboxylic acids is 1. The third-order valence-corrected chi connectivity index (χ3v) is 6.19. The van der Waals surface area contributed by atoms with Crippen LogP contribution in [0.3, 0.4) is 0 Å². The fourth-order valence-electron chi connectivity index (χ4n) is 3.58. The van der Waals surface area contributed by atoms with Crippen molar-refractivity contribution in [2.24, 2.45) is 0 Å². The standard InChI is InChI=1S/C24H47BrO2/c1-3-5-6-7-8-9-10-11-12-13-14-15-16-17-18-19-20-21-22-23(25)24(26)27-4-2/h23H,3-22H2,1-2H3. The summed E-state index contributed by atoms with van der Waals surface area (Å²) in [5.74, 6) is -0.107. The maximum Gasteiger partial charge on any atom is 0.319 e. The van der Waals surface area contributed by atoms with Gasteiger partial charge in [0.15, 0.2) is 0 Å². The molecule has 0 aliphatic heterocycles. The Bertz CT molecular complexity index is 307. The minimum atomic E-state index is -0.112. The van der Waals surface area contributed by atoms with Crippen LogP contribution in [0.2, 0.25) is 0 Å². The Labute approximate surface area is 178 Å². The predicted octanol–water partition coefficient (Wildman–Crippen LogP) is 8.74. The summed E-state index contributed by atoms with van der Waals surface area (Å²) in [6.45, 7) is 4.61. The Morgan fingerprint density at radius 3 is 1.30 bits per heavy atom. The van der Waals surface area contributed by atoms with Crippen molar-refractivity contribution in [3.63, 3.8) is 0 Å². The first-order valence-corrected chi connectivity index (χ1v) is 12.9. The van der Waals surface area contributed by atoms with Gasteiger partial charge >= 0.3 is 5.97 Å². The number of hydrogen-bond donors (Lipinski definition) is 0. The minimum Gasteiger partial charge on any atom is -0.465 e. The number of hydrogen-bond acceptors (Lipinski definition) is 2. The van der Waals surface area contributed by atoms with Crippen molar-refractivity contribution in [3.8, 4) is 0 Å². The summed E-state index contributed by atoms with van der Waals surface area (Å²) in [4.78, 5) is 11.4. The quantitative estimate of drug-likeness (QED) is 0.0999. The topological polar surface area (TPSA) is 26.3 Å². The molecule has 162 valence electrons. The molecule has 0 bridgehead atoms. The molecule has 0 aromatic heterocycles. The molecule has 0 aliphatic rings. The third-order valence-electron chi connectivity index (χ3n) is 5.35. The number of ether oxygens (including phenoxy) is 1. The Balaban J connectivity index is 3.12. The van der Waals surface area contributed by atoms with E-state index in [2.05, 4.69) is 22.9 Å². The van der Waals surface area contributed by atoms with Crippen LogP contribution >= 0.6 is 15.9 Å². The molecule has 0 fully saturated rings. The van der Waals surface area contributed by atoms with E-state index in [4.69, 9.17) is 4.74 Å². The second-order valence-corrected chi connectivity index (χ2v) is 9.12. The lowest BCUT2D eigenvalue weighted by Gasteiger charge is -2.08. The summed E-state index contributed by atoms with van der Waals surface area (Å²) in [6.07, 6.45) is 25.9. The van der Waals surface area contributed by atoms with Crippen molar-refractivity contribution in [2.45, 2.75) is 141 Å². The lowest BCUT2D eigenvalue weighted by Crippen LogP contribution is -2.17. The molecule has 2 nitrogen and oxygen atoms in total. The van der Waals surface area contributed by atoms with Gasteiger partial charge in [0.2, 0.25) is 0 Å². The van der Waals surface area contributed by atoms with Gasteiger partial charge in [0.25, 0.3) is 0 Å². The highest BCUT2D eigenvalue weighted by Gasteiger charge is 2.14. The lowest BCUT2D eigenvalue weighted by molar-refractivity contribution is -0.142. The molecule has 0 amide bonds. The van der Waals surface area contributed by atoms with Gasteiger partial charge in [-0.05, 0) is 13.3 Å². The monoisotopic (exact) mass is 446 g/mol. The largest absolute Gasteiger partial charge is 0.465 e. The molecule has 27 heavy (non-hydrogen) atoms. The fourth-order valence-corrected chi connectivity index (χ4v) is 4.03.